The van der Waals surface area contributed by atoms with Crippen molar-refractivity contribution in [1.82, 2.24) is 0 Å². The average molecular weight is 477 g/mol. The van der Waals surface area contributed by atoms with Crippen molar-refractivity contribution in [3.05, 3.63) is 90.0 Å². The summed E-state index contributed by atoms with van der Waals surface area (Å²) in [6.07, 6.45) is 5.34. The smallest absolute Gasteiger partial charge is 0.262 e. The van der Waals surface area contributed by atoms with Crippen LogP contribution in [-0.2, 0) is 10.0 Å². The van der Waals surface area contributed by atoms with Gasteiger partial charge >= 0.3 is 0 Å². The molecule has 34 heavy (non-hydrogen) atoms. The van der Waals surface area contributed by atoms with Crippen LogP contribution in [0.2, 0.25) is 0 Å². The Kier molecular flexibility index (Phi) is 5.96. The second-order valence-corrected chi connectivity index (χ2v) is 10.2. The molecule has 2 aliphatic rings. The fraction of sp³-hybridized carbons (Fsp3) is 0.259. The third-order valence-electron chi connectivity index (χ3n) is 6.55. The third kappa shape index (κ3) is 4.12. The van der Waals surface area contributed by atoms with E-state index in [4.69, 9.17) is 9.47 Å². The summed E-state index contributed by atoms with van der Waals surface area (Å²) in [5.74, 6) is 1.79. The topological polar surface area (TPSA) is 76.7 Å². The molecule has 0 spiro atoms. The lowest BCUT2D eigenvalue weighted by atomic mass is 9.77. The van der Waals surface area contributed by atoms with E-state index in [1.165, 1.54) is 12.7 Å². The summed E-state index contributed by atoms with van der Waals surface area (Å²) in [6.45, 7) is 2.61. The van der Waals surface area contributed by atoms with Gasteiger partial charge in [0, 0.05) is 11.6 Å². The molecule has 3 aromatic rings. The fourth-order valence-corrected chi connectivity index (χ4v) is 6.05. The average Bonchev–Trinajstić information content (AvgIpc) is 3.34. The molecule has 1 aliphatic carbocycles. The number of hydrogen-bond acceptors (Lipinski definition) is 5. The van der Waals surface area contributed by atoms with E-state index in [0.717, 1.165) is 23.4 Å². The Labute approximate surface area is 200 Å². The molecule has 6 nitrogen and oxygen atoms in total. The van der Waals surface area contributed by atoms with Crippen molar-refractivity contribution >= 4 is 21.4 Å². The van der Waals surface area contributed by atoms with Crippen LogP contribution in [0.25, 0.3) is 0 Å². The van der Waals surface area contributed by atoms with Gasteiger partial charge in [-0.15, -0.1) is 0 Å². The number of nitrogens with one attached hydrogen (secondary N) is 2. The summed E-state index contributed by atoms with van der Waals surface area (Å²) in [5, 5.41) is 3.67. The molecule has 7 heteroatoms. The summed E-state index contributed by atoms with van der Waals surface area (Å²) in [6, 6.07) is 20.7. The van der Waals surface area contributed by atoms with Gasteiger partial charge in [0.2, 0.25) is 0 Å². The van der Waals surface area contributed by atoms with Crippen molar-refractivity contribution in [3.63, 3.8) is 0 Å². The SMILES string of the molecule is CCOc1ccc([C@H]2Nc3ccc(S(=O)(=O)Nc4ccccc4OC)cc3[C@H]3C=CC[C@H]32)cc1. The van der Waals surface area contributed by atoms with E-state index in [0.29, 0.717) is 24.0 Å². The molecule has 3 atom stereocenters. The summed E-state index contributed by atoms with van der Waals surface area (Å²) in [5.41, 5.74) is 3.57. The fourth-order valence-electron chi connectivity index (χ4n) is 4.94. The highest BCUT2D eigenvalue weighted by Crippen LogP contribution is 2.50. The molecule has 1 aliphatic heterocycles. The first-order valence-electron chi connectivity index (χ1n) is 11.5. The van der Waals surface area contributed by atoms with Gasteiger partial charge < -0.3 is 14.8 Å². The van der Waals surface area contributed by atoms with Crippen LogP contribution in [0.5, 0.6) is 11.5 Å². The first kappa shape index (κ1) is 22.3. The largest absolute Gasteiger partial charge is 0.495 e. The highest BCUT2D eigenvalue weighted by Gasteiger charge is 2.38. The normalized spacial score (nSPS) is 20.7. The molecule has 0 radical (unpaired) electrons. The van der Waals surface area contributed by atoms with Crippen molar-refractivity contribution in [2.75, 3.05) is 23.8 Å². The van der Waals surface area contributed by atoms with Crippen LogP contribution in [0.4, 0.5) is 11.4 Å². The maximum absolute atomic E-state index is 13.2. The van der Waals surface area contributed by atoms with Gasteiger partial charge in [-0.3, -0.25) is 4.72 Å². The Hall–Kier alpha value is -3.45. The molecule has 0 amide bonds. The summed E-state index contributed by atoms with van der Waals surface area (Å²) in [7, 11) is -2.26. The van der Waals surface area contributed by atoms with Gasteiger partial charge in [-0.25, -0.2) is 8.42 Å². The maximum atomic E-state index is 13.2. The molecular weight excluding hydrogens is 448 g/mol. The van der Waals surface area contributed by atoms with E-state index in [9.17, 15) is 8.42 Å². The van der Waals surface area contributed by atoms with Gasteiger partial charge in [0.25, 0.3) is 10.0 Å². The van der Waals surface area contributed by atoms with Crippen molar-refractivity contribution in [2.45, 2.75) is 30.2 Å². The van der Waals surface area contributed by atoms with E-state index >= 15 is 0 Å². The van der Waals surface area contributed by atoms with Gasteiger partial charge in [-0.05, 0) is 72.9 Å². The van der Waals surface area contributed by atoms with E-state index < -0.39 is 10.0 Å². The number of methoxy groups -OCH3 is 1. The van der Waals surface area contributed by atoms with Gasteiger partial charge in [0.1, 0.15) is 11.5 Å². The zero-order valence-corrected chi connectivity index (χ0v) is 20.0. The number of benzene rings is 3. The maximum Gasteiger partial charge on any atom is 0.262 e. The van der Waals surface area contributed by atoms with Crippen LogP contribution in [0.15, 0.2) is 83.8 Å². The molecule has 0 bridgehead atoms. The highest BCUT2D eigenvalue weighted by molar-refractivity contribution is 7.92. The highest BCUT2D eigenvalue weighted by atomic mass is 32.2. The van der Waals surface area contributed by atoms with Crippen LogP contribution in [0.3, 0.4) is 0 Å². The van der Waals surface area contributed by atoms with Gasteiger partial charge in [-0.1, -0.05) is 36.4 Å². The van der Waals surface area contributed by atoms with Crippen LogP contribution >= 0.6 is 0 Å². The van der Waals surface area contributed by atoms with Crippen molar-refractivity contribution in [1.29, 1.82) is 0 Å². The Balaban J connectivity index is 1.45. The van der Waals surface area contributed by atoms with Crippen LogP contribution < -0.4 is 19.5 Å². The Bertz CT molecular complexity index is 1320. The first-order chi connectivity index (χ1) is 16.5. The number of allylic oxidation sites excluding steroid dienone is 2. The lowest BCUT2D eigenvalue weighted by molar-refractivity contribution is 0.340. The Morgan fingerprint density at radius 1 is 1.06 bits per heavy atom. The minimum Gasteiger partial charge on any atom is -0.495 e. The van der Waals surface area contributed by atoms with E-state index in [1.807, 2.05) is 25.1 Å². The summed E-state index contributed by atoms with van der Waals surface area (Å²) < 4.78 is 40.0. The number of anilines is 2. The minimum atomic E-state index is -3.78. The van der Waals surface area contributed by atoms with Gasteiger partial charge in [0.05, 0.1) is 30.3 Å². The molecule has 2 N–H and O–H groups in total. The number of rotatable bonds is 7. The van der Waals surface area contributed by atoms with Crippen LogP contribution in [-0.4, -0.2) is 22.1 Å². The van der Waals surface area contributed by atoms with E-state index in [-0.39, 0.29) is 16.9 Å². The second kappa shape index (κ2) is 9.06. The lowest BCUT2D eigenvalue weighted by Gasteiger charge is -2.37. The molecule has 0 fully saturated rings. The van der Waals surface area contributed by atoms with Crippen LogP contribution in [0, 0.1) is 5.92 Å². The van der Waals surface area contributed by atoms with Crippen molar-refractivity contribution in [3.8, 4) is 11.5 Å². The monoisotopic (exact) mass is 476 g/mol. The molecule has 0 aromatic heterocycles. The zero-order chi connectivity index (χ0) is 23.7. The third-order valence-corrected chi connectivity index (χ3v) is 7.91. The number of para-hydroxylation sites is 2. The first-order valence-corrected chi connectivity index (χ1v) is 12.9. The predicted octanol–water partition coefficient (Wildman–Crippen LogP) is 5.72. The molecule has 0 saturated carbocycles. The van der Waals surface area contributed by atoms with Crippen LogP contribution in [0.1, 0.15) is 36.4 Å². The quantitative estimate of drug-likeness (QED) is 0.427. The Morgan fingerprint density at radius 2 is 1.85 bits per heavy atom. The molecule has 1 heterocycles. The number of sulfonamides is 1. The van der Waals surface area contributed by atoms with E-state index in [1.54, 1.807) is 36.4 Å². The van der Waals surface area contributed by atoms with Gasteiger partial charge in [0.15, 0.2) is 0 Å². The molecule has 3 aromatic carbocycles. The molecular formula is C27H28N2O4S. The zero-order valence-electron chi connectivity index (χ0n) is 19.2. The second-order valence-electron chi connectivity index (χ2n) is 8.53. The van der Waals surface area contributed by atoms with E-state index in [2.05, 4.69) is 34.3 Å². The summed E-state index contributed by atoms with van der Waals surface area (Å²) in [4.78, 5) is 0.234. The molecule has 176 valence electrons. The molecule has 0 unspecified atom stereocenters. The standard InChI is InChI=1S/C27H28N2O4S/c1-3-33-19-13-11-18(12-14-19)27-22-8-6-7-21(22)23-17-20(15-16-24(23)28-27)34(30,31)29-25-9-4-5-10-26(25)32-2/h4-7,9-17,21-22,27-29H,3,8H2,1-2H3/t21-,22+,27+/m0/s1. The van der Waals surface area contributed by atoms with Crippen molar-refractivity contribution in [2.24, 2.45) is 5.92 Å². The predicted molar refractivity (Wildman–Crippen MR) is 134 cm³/mol. The van der Waals surface area contributed by atoms with Crippen molar-refractivity contribution < 1.29 is 17.9 Å². The van der Waals surface area contributed by atoms with Gasteiger partial charge in [-0.2, -0.15) is 0 Å². The number of hydrogen-bond donors (Lipinski definition) is 2. The summed E-state index contributed by atoms with van der Waals surface area (Å²) >= 11 is 0. The Morgan fingerprint density at radius 3 is 2.62 bits per heavy atom. The number of ether oxygens (including phenoxy) is 2. The minimum absolute atomic E-state index is 0.136. The number of fused-ring (bicyclic) bond motifs is 3. The lowest BCUT2D eigenvalue weighted by Crippen LogP contribution is -2.29. The molecule has 0 saturated heterocycles. The molecule has 5 rings (SSSR count).